The predicted octanol–water partition coefficient (Wildman–Crippen LogP) is 1.30. The molecule has 0 saturated heterocycles. The minimum absolute atomic E-state index is 1.14. The van der Waals surface area contributed by atoms with E-state index < -0.39 is 0 Å². The molecule has 0 unspecified atom stereocenters. The lowest BCUT2D eigenvalue weighted by Gasteiger charge is -2.00. The van der Waals surface area contributed by atoms with Crippen LogP contribution in [0.1, 0.15) is 32.1 Å². The van der Waals surface area contributed by atoms with Crippen molar-refractivity contribution >= 4 is 0 Å². The van der Waals surface area contributed by atoms with Crippen molar-refractivity contribution < 1.29 is 0 Å². The van der Waals surface area contributed by atoms with Crippen LogP contribution in [0.4, 0.5) is 0 Å². The van der Waals surface area contributed by atoms with E-state index in [9.17, 15) is 0 Å². The van der Waals surface area contributed by atoms with Crippen LogP contribution >= 0.6 is 0 Å². The Morgan fingerprint density at radius 2 is 2.22 bits per heavy atom. The fourth-order valence-corrected chi connectivity index (χ4v) is 1.15. The first-order valence-corrected chi connectivity index (χ1v) is 3.59. The topological polar surface area (TPSA) is 38.0 Å². The number of hydrogen-bond donors (Lipinski definition) is 2. The van der Waals surface area contributed by atoms with Crippen molar-refractivity contribution in [1.82, 2.24) is 5.43 Å². The van der Waals surface area contributed by atoms with E-state index in [4.69, 9.17) is 5.84 Å². The summed E-state index contributed by atoms with van der Waals surface area (Å²) in [4.78, 5) is 0. The highest BCUT2D eigenvalue weighted by Gasteiger charge is 1.98. The van der Waals surface area contributed by atoms with E-state index in [0.717, 1.165) is 6.42 Å². The zero-order valence-electron chi connectivity index (χ0n) is 5.69. The van der Waals surface area contributed by atoms with Gasteiger partial charge in [0, 0.05) is 5.70 Å². The van der Waals surface area contributed by atoms with Crippen molar-refractivity contribution in [3.8, 4) is 0 Å². The third-order valence-corrected chi connectivity index (χ3v) is 1.73. The van der Waals surface area contributed by atoms with Crippen LogP contribution in [0.5, 0.6) is 0 Å². The van der Waals surface area contributed by atoms with Crippen LogP contribution in [-0.2, 0) is 0 Å². The summed E-state index contributed by atoms with van der Waals surface area (Å²) in [5, 5.41) is 0. The van der Waals surface area contributed by atoms with Crippen molar-refractivity contribution in [2.24, 2.45) is 5.84 Å². The molecule has 2 heteroatoms. The Hall–Kier alpha value is -0.500. The van der Waals surface area contributed by atoms with E-state index in [0.29, 0.717) is 0 Å². The van der Waals surface area contributed by atoms with Crippen molar-refractivity contribution in [2.45, 2.75) is 32.1 Å². The summed E-state index contributed by atoms with van der Waals surface area (Å²) in [6.07, 6.45) is 8.49. The molecule has 0 aromatic carbocycles. The zero-order valence-corrected chi connectivity index (χ0v) is 5.69. The summed E-state index contributed by atoms with van der Waals surface area (Å²) < 4.78 is 0. The molecule has 0 fully saturated rings. The average molecular weight is 126 g/mol. The average Bonchev–Trinajstić information content (AvgIpc) is 2.13. The lowest BCUT2D eigenvalue weighted by molar-refractivity contribution is 0.691. The fraction of sp³-hybridized carbons (Fsp3) is 0.714. The summed E-state index contributed by atoms with van der Waals surface area (Å²) in [5.41, 5.74) is 3.92. The quantitative estimate of drug-likeness (QED) is 0.410. The molecule has 3 N–H and O–H groups in total. The van der Waals surface area contributed by atoms with Crippen molar-refractivity contribution in [1.29, 1.82) is 0 Å². The largest absolute Gasteiger partial charge is 0.329 e. The van der Waals surface area contributed by atoms with Crippen LogP contribution in [0.2, 0.25) is 0 Å². The summed E-state index contributed by atoms with van der Waals surface area (Å²) in [7, 11) is 0. The van der Waals surface area contributed by atoms with Gasteiger partial charge in [-0.15, -0.1) is 0 Å². The van der Waals surface area contributed by atoms with E-state index in [1.54, 1.807) is 0 Å². The molecule has 0 bridgehead atoms. The van der Waals surface area contributed by atoms with E-state index in [1.165, 1.54) is 31.4 Å². The van der Waals surface area contributed by atoms with Crippen LogP contribution in [0.15, 0.2) is 11.8 Å². The van der Waals surface area contributed by atoms with Crippen molar-refractivity contribution in [3.05, 3.63) is 11.8 Å². The van der Waals surface area contributed by atoms with Crippen LogP contribution < -0.4 is 11.3 Å². The van der Waals surface area contributed by atoms with Crippen LogP contribution in [-0.4, -0.2) is 0 Å². The number of rotatable bonds is 1. The second-order valence-corrected chi connectivity index (χ2v) is 2.47. The van der Waals surface area contributed by atoms with Crippen LogP contribution in [0.3, 0.4) is 0 Å². The monoisotopic (exact) mass is 126 g/mol. The maximum absolute atomic E-state index is 5.25. The Morgan fingerprint density at radius 1 is 1.33 bits per heavy atom. The molecular formula is C7H14N2. The highest BCUT2D eigenvalue weighted by molar-refractivity contribution is 4.99. The smallest absolute Gasteiger partial charge is 0.0219 e. The molecule has 2 nitrogen and oxygen atoms in total. The van der Waals surface area contributed by atoms with Gasteiger partial charge in [-0.2, -0.15) is 0 Å². The van der Waals surface area contributed by atoms with Gasteiger partial charge in [0.25, 0.3) is 0 Å². The SMILES string of the molecule is NNC1=CCCCCC1. The Balaban J connectivity index is 2.37. The molecule has 1 aliphatic carbocycles. The van der Waals surface area contributed by atoms with E-state index in [-0.39, 0.29) is 0 Å². The van der Waals surface area contributed by atoms with Gasteiger partial charge in [0.1, 0.15) is 0 Å². The lowest BCUT2D eigenvalue weighted by atomic mass is 10.2. The third-order valence-electron chi connectivity index (χ3n) is 1.73. The Labute approximate surface area is 56.1 Å². The minimum Gasteiger partial charge on any atom is -0.329 e. The molecule has 0 atom stereocenters. The standard InChI is InChI=1S/C7H14N2/c8-9-7-5-3-1-2-4-6-7/h5,9H,1-4,6,8H2. The molecule has 0 saturated carbocycles. The predicted molar refractivity (Wildman–Crippen MR) is 38.5 cm³/mol. The Morgan fingerprint density at radius 3 is 3.00 bits per heavy atom. The van der Waals surface area contributed by atoms with E-state index in [2.05, 4.69) is 11.5 Å². The molecule has 0 aromatic heterocycles. The summed E-state index contributed by atoms with van der Waals surface area (Å²) in [6.45, 7) is 0. The first-order chi connectivity index (χ1) is 4.43. The first-order valence-electron chi connectivity index (χ1n) is 3.59. The molecule has 52 valence electrons. The fourth-order valence-electron chi connectivity index (χ4n) is 1.15. The molecule has 0 aliphatic heterocycles. The lowest BCUT2D eigenvalue weighted by Crippen LogP contribution is -2.20. The van der Waals surface area contributed by atoms with Gasteiger partial charge in [-0.25, -0.2) is 0 Å². The minimum atomic E-state index is 1.14. The molecule has 0 radical (unpaired) electrons. The van der Waals surface area contributed by atoms with Crippen molar-refractivity contribution in [3.63, 3.8) is 0 Å². The molecule has 1 rings (SSSR count). The highest BCUT2D eigenvalue weighted by atomic mass is 15.2. The zero-order chi connectivity index (χ0) is 6.53. The second kappa shape index (κ2) is 3.51. The number of nitrogens with two attached hydrogens (primary N) is 1. The maximum atomic E-state index is 5.25. The third kappa shape index (κ3) is 2.06. The van der Waals surface area contributed by atoms with Gasteiger partial charge in [0.2, 0.25) is 0 Å². The maximum Gasteiger partial charge on any atom is 0.0219 e. The molecule has 0 amide bonds. The normalized spacial score (nSPS) is 20.3. The molecule has 1 aliphatic rings. The van der Waals surface area contributed by atoms with Gasteiger partial charge in [0.05, 0.1) is 0 Å². The van der Waals surface area contributed by atoms with Crippen LogP contribution in [0.25, 0.3) is 0 Å². The van der Waals surface area contributed by atoms with Crippen molar-refractivity contribution in [2.75, 3.05) is 0 Å². The van der Waals surface area contributed by atoms with Gasteiger partial charge in [-0.05, 0) is 25.7 Å². The molecule has 9 heavy (non-hydrogen) atoms. The number of hydrazine groups is 1. The van der Waals surface area contributed by atoms with Gasteiger partial charge in [-0.1, -0.05) is 12.5 Å². The molecule has 0 heterocycles. The Bertz CT molecular complexity index is 107. The first kappa shape index (κ1) is 6.62. The second-order valence-electron chi connectivity index (χ2n) is 2.47. The number of nitrogens with one attached hydrogen (secondary N) is 1. The van der Waals surface area contributed by atoms with E-state index >= 15 is 0 Å². The summed E-state index contributed by atoms with van der Waals surface area (Å²) >= 11 is 0. The summed E-state index contributed by atoms with van der Waals surface area (Å²) in [5.74, 6) is 5.25. The van der Waals surface area contributed by atoms with Crippen LogP contribution in [0, 0.1) is 0 Å². The van der Waals surface area contributed by atoms with Gasteiger partial charge < -0.3 is 5.43 Å². The van der Waals surface area contributed by atoms with Gasteiger partial charge >= 0.3 is 0 Å². The number of hydrogen-bond acceptors (Lipinski definition) is 2. The molecule has 0 spiro atoms. The highest BCUT2D eigenvalue weighted by Crippen LogP contribution is 2.13. The molecular weight excluding hydrogens is 112 g/mol. The summed E-state index contributed by atoms with van der Waals surface area (Å²) in [6, 6.07) is 0. The molecule has 0 aromatic rings. The Kier molecular flexibility index (Phi) is 2.58. The van der Waals surface area contributed by atoms with Gasteiger partial charge in [-0.3, -0.25) is 5.84 Å². The van der Waals surface area contributed by atoms with Gasteiger partial charge in [0.15, 0.2) is 0 Å². The number of allylic oxidation sites excluding steroid dienone is 2. The van der Waals surface area contributed by atoms with E-state index in [1.807, 2.05) is 0 Å².